The highest BCUT2D eigenvalue weighted by molar-refractivity contribution is 7.98. The third-order valence-electron chi connectivity index (χ3n) is 6.56. The number of para-hydroxylation sites is 1. The highest BCUT2D eigenvalue weighted by Gasteiger charge is 2.21. The number of piperazine rings is 1. The van der Waals surface area contributed by atoms with Crippen molar-refractivity contribution in [1.29, 1.82) is 0 Å². The number of nitrogens with zero attached hydrogens (tertiary/aromatic N) is 4. The van der Waals surface area contributed by atoms with Crippen LogP contribution in [0.25, 0.3) is 11.3 Å². The number of nitrogens with one attached hydrogen (secondary N) is 1. The second-order valence-electron chi connectivity index (χ2n) is 9.80. The molecule has 8 heteroatoms. The van der Waals surface area contributed by atoms with Crippen LogP contribution in [0, 0.1) is 0 Å². The topological polar surface area (TPSA) is 61.4 Å². The van der Waals surface area contributed by atoms with E-state index >= 15 is 0 Å². The van der Waals surface area contributed by atoms with Gasteiger partial charge in [-0.1, -0.05) is 78.0 Å². The summed E-state index contributed by atoms with van der Waals surface area (Å²) in [4.78, 5) is 26.8. The van der Waals surface area contributed by atoms with E-state index in [0.717, 1.165) is 64.7 Å². The Bertz CT molecular complexity index is 1410. The van der Waals surface area contributed by atoms with Crippen LogP contribution in [-0.2, 0) is 5.75 Å². The first-order valence-electron chi connectivity index (χ1n) is 13.2. The standard InChI is InChI=1S/C31H32ClN5OS/c1-22(2)33-30(38)25-14-12-23(13-15-25)21-39-31-34-27(24-8-4-3-5-9-24)20-29(35-31)37-18-16-36(17-19-37)28-11-7-6-10-26(28)32/h3-15,20,22H,16-19,21H2,1-2H3,(H,33,38). The molecule has 0 unspecified atom stereocenters. The maximum Gasteiger partial charge on any atom is 0.251 e. The molecule has 1 fully saturated rings. The molecule has 0 aliphatic carbocycles. The number of anilines is 2. The summed E-state index contributed by atoms with van der Waals surface area (Å²) in [5.41, 5.74) is 4.84. The van der Waals surface area contributed by atoms with Crippen molar-refractivity contribution in [2.24, 2.45) is 0 Å². The minimum absolute atomic E-state index is 0.0534. The molecule has 200 valence electrons. The van der Waals surface area contributed by atoms with Crippen LogP contribution in [0.2, 0.25) is 5.02 Å². The highest BCUT2D eigenvalue weighted by Crippen LogP contribution is 2.30. The van der Waals surface area contributed by atoms with Crippen LogP contribution in [0.5, 0.6) is 0 Å². The molecule has 0 spiro atoms. The molecule has 1 saturated heterocycles. The quantitative estimate of drug-likeness (QED) is 0.196. The molecule has 1 amide bonds. The summed E-state index contributed by atoms with van der Waals surface area (Å²) in [5, 5.41) is 4.45. The Hall–Kier alpha value is -3.55. The van der Waals surface area contributed by atoms with Crippen LogP contribution < -0.4 is 15.1 Å². The predicted molar refractivity (Wildman–Crippen MR) is 162 cm³/mol. The van der Waals surface area contributed by atoms with Crippen molar-refractivity contribution in [3.05, 3.63) is 101 Å². The summed E-state index contributed by atoms with van der Waals surface area (Å²) >= 11 is 8.06. The second kappa shape index (κ2) is 12.5. The normalized spacial score (nSPS) is 13.5. The first-order valence-corrected chi connectivity index (χ1v) is 14.5. The molecule has 0 bridgehead atoms. The predicted octanol–water partition coefficient (Wildman–Crippen LogP) is 6.55. The Labute approximate surface area is 239 Å². The summed E-state index contributed by atoms with van der Waals surface area (Å²) < 4.78 is 0. The van der Waals surface area contributed by atoms with Crippen LogP contribution in [0.1, 0.15) is 29.8 Å². The maximum absolute atomic E-state index is 12.3. The zero-order chi connectivity index (χ0) is 27.2. The summed E-state index contributed by atoms with van der Waals surface area (Å²) in [5.74, 6) is 1.59. The molecule has 0 saturated carbocycles. The van der Waals surface area contributed by atoms with E-state index in [0.29, 0.717) is 11.3 Å². The Morgan fingerprint density at radius 3 is 2.26 bits per heavy atom. The van der Waals surface area contributed by atoms with E-state index in [2.05, 4.69) is 39.4 Å². The highest BCUT2D eigenvalue weighted by atomic mass is 35.5. The number of amides is 1. The number of rotatable bonds is 8. The lowest BCUT2D eigenvalue weighted by Crippen LogP contribution is -2.47. The lowest BCUT2D eigenvalue weighted by atomic mass is 10.1. The molecule has 4 aromatic rings. The van der Waals surface area contributed by atoms with E-state index in [1.165, 1.54) is 0 Å². The molecule has 1 N–H and O–H groups in total. The number of carbonyl (C=O) groups is 1. The molecule has 5 rings (SSSR count). The van der Waals surface area contributed by atoms with Crippen molar-refractivity contribution >= 4 is 40.8 Å². The molecule has 3 aromatic carbocycles. The first-order chi connectivity index (χ1) is 19.0. The van der Waals surface area contributed by atoms with Crippen LogP contribution >= 0.6 is 23.4 Å². The third-order valence-corrected chi connectivity index (χ3v) is 7.80. The van der Waals surface area contributed by atoms with E-state index < -0.39 is 0 Å². The number of thioether (sulfide) groups is 1. The molecular weight excluding hydrogens is 526 g/mol. The molecule has 2 heterocycles. The minimum atomic E-state index is -0.0534. The maximum atomic E-state index is 12.3. The largest absolute Gasteiger partial charge is 0.367 e. The van der Waals surface area contributed by atoms with Crippen LogP contribution in [0.15, 0.2) is 90.1 Å². The zero-order valence-electron chi connectivity index (χ0n) is 22.2. The van der Waals surface area contributed by atoms with Crippen LogP contribution in [0.4, 0.5) is 11.5 Å². The summed E-state index contributed by atoms with van der Waals surface area (Å²) in [6, 6.07) is 28.2. The average Bonchev–Trinajstić information content (AvgIpc) is 2.97. The Morgan fingerprint density at radius 2 is 1.56 bits per heavy atom. The number of aromatic nitrogens is 2. The van der Waals surface area contributed by atoms with Crippen LogP contribution in [0.3, 0.4) is 0 Å². The van der Waals surface area contributed by atoms with Gasteiger partial charge >= 0.3 is 0 Å². The lowest BCUT2D eigenvalue weighted by molar-refractivity contribution is 0.0943. The van der Waals surface area contributed by atoms with E-state index in [-0.39, 0.29) is 11.9 Å². The molecule has 1 aliphatic rings. The number of hydrogen-bond acceptors (Lipinski definition) is 6. The van der Waals surface area contributed by atoms with E-state index in [1.807, 2.05) is 74.5 Å². The minimum Gasteiger partial charge on any atom is -0.367 e. The van der Waals surface area contributed by atoms with Crippen molar-refractivity contribution in [2.75, 3.05) is 36.0 Å². The SMILES string of the molecule is CC(C)NC(=O)c1ccc(CSc2nc(-c3ccccc3)cc(N3CCN(c4ccccc4Cl)CC3)n2)cc1. The van der Waals surface area contributed by atoms with Gasteiger partial charge in [0, 0.05) is 55.2 Å². The van der Waals surface area contributed by atoms with Gasteiger partial charge in [-0.25, -0.2) is 9.97 Å². The van der Waals surface area contributed by atoms with Crippen molar-refractivity contribution < 1.29 is 4.79 Å². The summed E-state index contributed by atoms with van der Waals surface area (Å²) in [7, 11) is 0. The Balaban J connectivity index is 1.32. The third kappa shape index (κ3) is 6.91. The fraction of sp³-hybridized carbons (Fsp3) is 0.258. The molecule has 39 heavy (non-hydrogen) atoms. The van der Waals surface area contributed by atoms with Gasteiger partial charge in [0.15, 0.2) is 5.16 Å². The smallest absolute Gasteiger partial charge is 0.251 e. The summed E-state index contributed by atoms with van der Waals surface area (Å²) in [6.45, 7) is 7.35. The Morgan fingerprint density at radius 1 is 0.897 bits per heavy atom. The van der Waals surface area contributed by atoms with Crippen molar-refractivity contribution in [3.8, 4) is 11.3 Å². The van der Waals surface area contributed by atoms with Crippen molar-refractivity contribution in [2.45, 2.75) is 30.8 Å². The van der Waals surface area contributed by atoms with Gasteiger partial charge in [0.25, 0.3) is 5.91 Å². The fourth-order valence-electron chi connectivity index (χ4n) is 4.53. The van der Waals surface area contributed by atoms with Gasteiger partial charge in [-0.2, -0.15) is 0 Å². The monoisotopic (exact) mass is 557 g/mol. The van der Waals surface area contributed by atoms with E-state index in [1.54, 1.807) is 11.8 Å². The Kier molecular flexibility index (Phi) is 8.69. The van der Waals surface area contributed by atoms with Crippen molar-refractivity contribution in [3.63, 3.8) is 0 Å². The van der Waals surface area contributed by atoms with Gasteiger partial charge in [-0.05, 0) is 43.7 Å². The van der Waals surface area contributed by atoms with Gasteiger partial charge in [-0.3, -0.25) is 4.79 Å². The van der Waals surface area contributed by atoms with E-state index in [4.69, 9.17) is 21.6 Å². The van der Waals surface area contributed by atoms with Gasteiger partial charge < -0.3 is 15.1 Å². The van der Waals surface area contributed by atoms with E-state index in [9.17, 15) is 4.79 Å². The van der Waals surface area contributed by atoms with Crippen molar-refractivity contribution in [1.82, 2.24) is 15.3 Å². The number of carbonyl (C=O) groups excluding carboxylic acids is 1. The fourth-order valence-corrected chi connectivity index (χ4v) is 5.59. The first kappa shape index (κ1) is 27.0. The average molecular weight is 558 g/mol. The second-order valence-corrected chi connectivity index (χ2v) is 11.1. The van der Waals surface area contributed by atoms with Gasteiger partial charge in [0.1, 0.15) is 5.82 Å². The molecule has 1 aliphatic heterocycles. The molecule has 0 radical (unpaired) electrons. The molecule has 1 aromatic heterocycles. The molecule has 0 atom stereocenters. The number of hydrogen-bond donors (Lipinski definition) is 1. The number of benzene rings is 3. The van der Waals surface area contributed by atoms with Gasteiger partial charge in [0.05, 0.1) is 16.4 Å². The van der Waals surface area contributed by atoms with Crippen LogP contribution in [-0.4, -0.2) is 48.1 Å². The molecule has 6 nitrogen and oxygen atoms in total. The van der Waals surface area contributed by atoms with Gasteiger partial charge in [-0.15, -0.1) is 0 Å². The molecular formula is C31H32ClN5OS. The zero-order valence-corrected chi connectivity index (χ0v) is 23.8. The lowest BCUT2D eigenvalue weighted by Gasteiger charge is -2.37. The number of halogens is 1. The van der Waals surface area contributed by atoms with Gasteiger partial charge in [0.2, 0.25) is 0 Å². The summed E-state index contributed by atoms with van der Waals surface area (Å²) in [6.07, 6.45) is 0.